The van der Waals surface area contributed by atoms with Gasteiger partial charge in [0, 0.05) is 17.5 Å². The summed E-state index contributed by atoms with van der Waals surface area (Å²) in [6.07, 6.45) is 0.454. The molecule has 1 aliphatic heterocycles. The number of ether oxygens (including phenoxy) is 2. The van der Waals surface area contributed by atoms with Crippen molar-refractivity contribution >= 4 is 23.0 Å². The Kier molecular flexibility index (Phi) is 4.94. The number of esters is 1. The predicted octanol–water partition coefficient (Wildman–Crippen LogP) is 3.03. The molecule has 2 unspecified atom stereocenters. The zero-order valence-corrected chi connectivity index (χ0v) is 16.7. The van der Waals surface area contributed by atoms with Gasteiger partial charge in [0.1, 0.15) is 23.0 Å². The number of hydrogen-bond donors (Lipinski definition) is 3. The number of aliphatic hydroxyl groups excluding tert-OH is 1. The third-order valence-electron chi connectivity index (χ3n) is 5.08. The van der Waals surface area contributed by atoms with Gasteiger partial charge in [-0.25, -0.2) is 9.59 Å². The fourth-order valence-corrected chi connectivity index (χ4v) is 3.55. The van der Waals surface area contributed by atoms with Crippen LogP contribution in [0.25, 0.3) is 17.0 Å². The van der Waals surface area contributed by atoms with Crippen LogP contribution in [0.1, 0.15) is 31.1 Å². The maximum Gasteiger partial charge on any atom is 0.336 e. The Hall–Kier alpha value is -3.78. The minimum absolute atomic E-state index is 0.231. The molecule has 3 N–H and O–H groups in total. The summed E-state index contributed by atoms with van der Waals surface area (Å²) >= 11 is 0. The van der Waals surface area contributed by atoms with Crippen LogP contribution in [-0.2, 0) is 9.53 Å². The van der Waals surface area contributed by atoms with Crippen LogP contribution < -0.4 is 10.4 Å². The van der Waals surface area contributed by atoms with Crippen LogP contribution in [0, 0.1) is 0 Å². The Morgan fingerprint density at radius 3 is 2.58 bits per heavy atom. The lowest BCUT2D eigenvalue weighted by Crippen LogP contribution is -2.45. The van der Waals surface area contributed by atoms with Gasteiger partial charge >= 0.3 is 11.6 Å². The van der Waals surface area contributed by atoms with Crippen molar-refractivity contribution in [1.82, 2.24) is 0 Å². The van der Waals surface area contributed by atoms with Crippen LogP contribution in [0.4, 0.5) is 0 Å². The maximum absolute atomic E-state index is 12.4. The van der Waals surface area contributed by atoms with Crippen molar-refractivity contribution in [2.45, 2.75) is 31.7 Å². The summed E-state index contributed by atoms with van der Waals surface area (Å²) in [4.78, 5) is 24.0. The highest BCUT2D eigenvalue weighted by atomic mass is 16.6. The molecule has 2 aromatic carbocycles. The van der Waals surface area contributed by atoms with Crippen molar-refractivity contribution in [3.63, 3.8) is 0 Å². The summed E-state index contributed by atoms with van der Waals surface area (Å²) in [5.74, 6) is -0.926. The molecular formula is C23H20O8. The topological polar surface area (TPSA) is 126 Å². The SMILES string of the molecule is CC(C)(OC(=O)/C=C/c1ccc(O)c(O)c1)C1Oc2ccc3ccc(=O)oc3c2C1O. The molecule has 160 valence electrons. The standard InChI is InChI=1S/C23H20O8/c1-23(2,31-18(27)9-4-12-3-7-14(24)15(25)11-12)22-20(28)19-16(29-22)8-5-13-6-10-17(26)30-21(13)19/h3-11,20,22,24-25,28H,1-2H3/b9-4+. The Bertz CT molecular complexity index is 1250. The molecule has 0 spiro atoms. The number of carbonyl (C=O) groups excluding carboxylic acids is 1. The third-order valence-corrected chi connectivity index (χ3v) is 5.08. The Morgan fingerprint density at radius 2 is 1.84 bits per heavy atom. The van der Waals surface area contributed by atoms with E-state index in [1.165, 1.54) is 30.3 Å². The summed E-state index contributed by atoms with van der Waals surface area (Å²) in [6.45, 7) is 3.20. The van der Waals surface area contributed by atoms with Gasteiger partial charge in [-0.1, -0.05) is 6.07 Å². The van der Waals surface area contributed by atoms with E-state index in [-0.39, 0.29) is 17.1 Å². The quantitative estimate of drug-likeness (QED) is 0.252. The number of benzene rings is 2. The molecule has 8 heteroatoms. The average Bonchev–Trinajstić information content (AvgIpc) is 3.06. The van der Waals surface area contributed by atoms with Gasteiger partial charge in [0.15, 0.2) is 17.6 Å². The summed E-state index contributed by atoms with van der Waals surface area (Å²) in [5.41, 5.74) is -0.740. The van der Waals surface area contributed by atoms with E-state index in [0.717, 1.165) is 6.08 Å². The van der Waals surface area contributed by atoms with Gasteiger partial charge < -0.3 is 29.2 Å². The van der Waals surface area contributed by atoms with E-state index >= 15 is 0 Å². The van der Waals surface area contributed by atoms with Crippen molar-refractivity contribution in [2.24, 2.45) is 0 Å². The molecule has 2 heterocycles. The first-order valence-corrected chi connectivity index (χ1v) is 9.50. The molecule has 0 saturated carbocycles. The number of hydrogen-bond acceptors (Lipinski definition) is 8. The molecule has 2 atom stereocenters. The smallest absolute Gasteiger partial charge is 0.336 e. The monoisotopic (exact) mass is 424 g/mol. The molecule has 8 nitrogen and oxygen atoms in total. The molecule has 31 heavy (non-hydrogen) atoms. The van der Waals surface area contributed by atoms with Crippen molar-refractivity contribution in [2.75, 3.05) is 0 Å². The van der Waals surface area contributed by atoms with Gasteiger partial charge in [-0.2, -0.15) is 0 Å². The number of fused-ring (bicyclic) bond motifs is 3. The Morgan fingerprint density at radius 1 is 1.10 bits per heavy atom. The fourth-order valence-electron chi connectivity index (χ4n) is 3.55. The van der Waals surface area contributed by atoms with E-state index < -0.39 is 29.4 Å². The molecule has 0 aliphatic carbocycles. The molecular weight excluding hydrogens is 404 g/mol. The average molecular weight is 424 g/mol. The van der Waals surface area contributed by atoms with E-state index in [1.54, 1.807) is 32.0 Å². The van der Waals surface area contributed by atoms with Crippen molar-refractivity contribution in [1.29, 1.82) is 0 Å². The van der Waals surface area contributed by atoms with E-state index in [9.17, 15) is 24.9 Å². The van der Waals surface area contributed by atoms with E-state index in [1.807, 2.05) is 0 Å². The largest absolute Gasteiger partial charge is 0.504 e. The number of aromatic hydroxyl groups is 2. The summed E-state index contributed by atoms with van der Waals surface area (Å²) in [5, 5.41) is 30.4. The normalized spacial score (nSPS) is 18.2. The summed E-state index contributed by atoms with van der Waals surface area (Å²) in [6, 6.07) is 10.4. The van der Waals surface area contributed by atoms with E-state index in [2.05, 4.69) is 0 Å². The highest BCUT2D eigenvalue weighted by Crippen LogP contribution is 2.45. The predicted molar refractivity (Wildman–Crippen MR) is 111 cm³/mol. The summed E-state index contributed by atoms with van der Waals surface area (Å²) < 4.78 is 16.6. The second kappa shape index (κ2) is 7.48. The molecule has 0 amide bonds. The van der Waals surface area contributed by atoms with Crippen LogP contribution in [-0.4, -0.2) is 33.0 Å². The number of phenols is 2. The first-order valence-electron chi connectivity index (χ1n) is 9.50. The van der Waals surface area contributed by atoms with Gasteiger partial charge in [-0.15, -0.1) is 0 Å². The molecule has 1 aliphatic rings. The number of phenolic OH excluding ortho intramolecular Hbond substituents is 2. The van der Waals surface area contributed by atoms with Crippen LogP contribution >= 0.6 is 0 Å². The first kappa shape index (κ1) is 20.5. The van der Waals surface area contributed by atoms with Crippen molar-refractivity contribution < 1.29 is 34.0 Å². The molecule has 0 fully saturated rings. The summed E-state index contributed by atoms with van der Waals surface area (Å²) in [7, 11) is 0. The molecule has 0 saturated heterocycles. The van der Waals surface area contributed by atoms with Gasteiger partial charge in [0.25, 0.3) is 0 Å². The van der Waals surface area contributed by atoms with Gasteiger partial charge in [0.2, 0.25) is 0 Å². The second-order valence-electron chi connectivity index (χ2n) is 7.74. The van der Waals surface area contributed by atoms with Gasteiger partial charge in [0.05, 0.1) is 5.56 Å². The molecule has 3 aromatic rings. The third kappa shape index (κ3) is 3.85. The zero-order valence-electron chi connectivity index (χ0n) is 16.7. The highest BCUT2D eigenvalue weighted by molar-refractivity contribution is 5.87. The van der Waals surface area contributed by atoms with E-state index in [4.69, 9.17) is 13.9 Å². The number of aliphatic hydroxyl groups is 1. The molecule has 0 radical (unpaired) electrons. The second-order valence-corrected chi connectivity index (χ2v) is 7.74. The van der Waals surface area contributed by atoms with Crippen LogP contribution in [0.5, 0.6) is 17.2 Å². The Balaban J connectivity index is 1.54. The van der Waals surface area contributed by atoms with Crippen LogP contribution in [0.2, 0.25) is 0 Å². The minimum atomic E-state index is -1.24. The van der Waals surface area contributed by atoms with Crippen LogP contribution in [0.15, 0.2) is 57.8 Å². The Labute approximate surface area is 176 Å². The highest BCUT2D eigenvalue weighted by Gasteiger charge is 2.47. The lowest BCUT2D eigenvalue weighted by molar-refractivity contribution is -0.164. The maximum atomic E-state index is 12.4. The molecule has 0 bridgehead atoms. The molecule has 4 rings (SSSR count). The lowest BCUT2D eigenvalue weighted by atomic mass is 9.93. The van der Waals surface area contributed by atoms with Gasteiger partial charge in [-0.3, -0.25) is 0 Å². The molecule has 1 aromatic heterocycles. The first-order chi connectivity index (χ1) is 14.7. The van der Waals surface area contributed by atoms with Crippen LogP contribution in [0.3, 0.4) is 0 Å². The fraction of sp³-hybridized carbons (Fsp3) is 0.217. The number of rotatable bonds is 4. The van der Waals surface area contributed by atoms with Gasteiger partial charge in [-0.05, 0) is 55.8 Å². The zero-order chi connectivity index (χ0) is 22.3. The van der Waals surface area contributed by atoms with Crippen molar-refractivity contribution in [3.8, 4) is 17.2 Å². The number of carbonyl (C=O) groups is 1. The van der Waals surface area contributed by atoms with Crippen molar-refractivity contribution in [3.05, 3.63) is 70.1 Å². The van der Waals surface area contributed by atoms with E-state index in [0.29, 0.717) is 22.3 Å². The minimum Gasteiger partial charge on any atom is -0.504 e. The lowest BCUT2D eigenvalue weighted by Gasteiger charge is -2.32.